The van der Waals surface area contributed by atoms with Crippen LogP contribution in [0, 0.1) is 17.8 Å². The summed E-state index contributed by atoms with van der Waals surface area (Å²) in [6.45, 7) is 0. The number of hydrogen-bond acceptors (Lipinski definition) is 0. The Morgan fingerprint density at radius 1 is 0.833 bits per heavy atom. The Labute approximate surface area is 111 Å². The van der Waals surface area contributed by atoms with Crippen molar-refractivity contribution in [2.24, 2.45) is 17.8 Å². The maximum atomic E-state index is 2.53. The summed E-state index contributed by atoms with van der Waals surface area (Å²) in [5.41, 5.74) is 1.61. The van der Waals surface area contributed by atoms with Crippen molar-refractivity contribution in [1.82, 2.24) is 0 Å². The molecule has 0 heterocycles. The molecule has 0 heteroatoms. The van der Waals surface area contributed by atoms with E-state index in [1.807, 2.05) is 0 Å². The van der Waals surface area contributed by atoms with Crippen LogP contribution < -0.4 is 0 Å². The van der Waals surface area contributed by atoms with Crippen molar-refractivity contribution < 1.29 is 0 Å². The number of rotatable bonds is 2. The lowest BCUT2D eigenvalue weighted by Crippen LogP contribution is -2.17. The highest BCUT2D eigenvalue weighted by atomic mass is 14.3. The van der Waals surface area contributed by atoms with Crippen LogP contribution in [0.5, 0.6) is 0 Å². The Kier molecular flexibility index (Phi) is 3.83. The number of hydrogen-bond donors (Lipinski definition) is 0. The van der Waals surface area contributed by atoms with Gasteiger partial charge in [-0.2, -0.15) is 0 Å². The van der Waals surface area contributed by atoms with Crippen LogP contribution in [0.1, 0.15) is 44.9 Å². The van der Waals surface area contributed by atoms with Gasteiger partial charge < -0.3 is 0 Å². The van der Waals surface area contributed by atoms with Gasteiger partial charge in [-0.25, -0.2) is 0 Å². The second-order valence-corrected chi connectivity index (χ2v) is 5.99. The first-order valence-electron chi connectivity index (χ1n) is 7.62. The van der Waals surface area contributed by atoms with Gasteiger partial charge in [0.05, 0.1) is 0 Å². The zero-order valence-electron chi connectivity index (χ0n) is 11.2. The molecule has 0 aromatic carbocycles. The third-order valence-corrected chi connectivity index (χ3v) is 4.82. The van der Waals surface area contributed by atoms with Gasteiger partial charge in [-0.05, 0) is 68.3 Å². The minimum atomic E-state index is 0.804. The van der Waals surface area contributed by atoms with Gasteiger partial charge in [-0.15, -0.1) is 0 Å². The van der Waals surface area contributed by atoms with Gasteiger partial charge in [-0.3, -0.25) is 0 Å². The van der Waals surface area contributed by atoms with Gasteiger partial charge in [0.25, 0.3) is 0 Å². The topological polar surface area (TPSA) is 0 Å². The molecule has 0 aliphatic heterocycles. The van der Waals surface area contributed by atoms with Crippen LogP contribution in [-0.2, 0) is 0 Å². The highest BCUT2D eigenvalue weighted by Gasteiger charge is 2.22. The first kappa shape index (κ1) is 12.0. The Balaban J connectivity index is 1.59. The molecule has 18 heavy (non-hydrogen) atoms. The molecule has 0 bridgehead atoms. The summed E-state index contributed by atoms with van der Waals surface area (Å²) in [7, 11) is 0. The molecular weight excluding hydrogens is 216 g/mol. The van der Waals surface area contributed by atoms with Crippen LogP contribution in [-0.4, -0.2) is 0 Å². The molecule has 3 aliphatic carbocycles. The molecule has 0 aromatic heterocycles. The molecule has 0 saturated carbocycles. The molecule has 96 valence electrons. The van der Waals surface area contributed by atoms with Gasteiger partial charge >= 0.3 is 0 Å². The lowest BCUT2D eigenvalue weighted by atomic mass is 9.76. The quantitative estimate of drug-likeness (QED) is 0.582. The summed E-state index contributed by atoms with van der Waals surface area (Å²) in [6.07, 6.45) is 26.0. The minimum absolute atomic E-state index is 0.804. The summed E-state index contributed by atoms with van der Waals surface area (Å²) >= 11 is 0. The fourth-order valence-corrected chi connectivity index (χ4v) is 3.61. The molecule has 3 atom stereocenters. The zero-order chi connectivity index (χ0) is 12.2. The molecule has 0 saturated heterocycles. The average molecular weight is 240 g/mol. The van der Waals surface area contributed by atoms with Crippen LogP contribution in [0.15, 0.2) is 48.1 Å². The van der Waals surface area contributed by atoms with Crippen molar-refractivity contribution in [1.29, 1.82) is 0 Å². The van der Waals surface area contributed by atoms with Crippen molar-refractivity contribution in [3.8, 4) is 0 Å². The van der Waals surface area contributed by atoms with E-state index in [9.17, 15) is 0 Å². The highest BCUT2D eigenvalue weighted by molar-refractivity contribution is 5.28. The van der Waals surface area contributed by atoms with Crippen molar-refractivity contribution in [3.05, 3.63) is 48.1 Å². The fourth-order valence-electron chi connectivity index (χ4n) is 3.61. The third kappa shape index (κ3) is 2.68. The second kappa shape index (κ2) is 5.73. The molecule has 0 aromatic rings. The fraction of sp³-hybridized carbons (Fsp3) is 0.556. The van der Waals surface area contributed by atoms with Crippen LogP contribution in [0.3, 0.4) is 0 Å². The standard InChI is InChI=1S/C18H24/c1-3-7-15(8-4-1)17-11-13-18(14-12-17)16-9-5-2-6-10-16/h1-3,5,11-13,15-16,18H,4,6-10,14H2. The van der Waals surface area contributed by atoms with Gasteiger partial charge in [-0.1, -0.05) is 42.5 Å². The molecule has 0 radical (unpaired) electrons. The lowest BCUT2D eigenvalue weighted by molar-refractivity contribution is 0.362. The molecule has 0 nitrogen and oxygen atoms in total. The predicted octanol–water partition coefficient (Wildman–Crippen LogP) is 5.20. The minimum Gasteiger partial charge on any atom is -0.0885 e. The summed E-state index contributed by atoms with van der Waals surface area (Å²) in [6, 6.07) is 0. The van der Waals surface area contributed by atoms with Crippen molar-refractivity contribution in [2.75, 3.05) is 0 Å². The third-order valence-electron chi connectivity index (χ3n) is 4.82. The Bertz CT molecular complexity index is 394. The SMILES string of the molecule is C1=CCC(C2=CCC(C3CC=CCC3)C=C2)CC1. The van der Waals surface area contributed by atoms with E-state index >= 15 is 0 Å². The Morgan fingerprint density at radius 3 is 2.28 bits per heavy atom. The largest absolute Gasteiger partial charge is 0.0885 e. The van der Waals surface area contributed by atoms with Gasteiger partial charge in [0, 0.05) is 0 Å². The summed E-state index contributed by atoms with van der Waals surface area (Å²) in [5, 5.41) is 0. The normalized spacial score (nSPS) is 35.6. The summed E-state index contributed by atoms with van der Waals surface area (Å²) < 4.78 is 0. The zero-order valence-corrected chi connectivity index (χ0v) is 11.2. The molecule has 3 rings (SSSR count). The summed E-state index contributed by atoms with van der Waals surface area (Å²) in [5.74, 6) is 2.51. The Hall–Kier alpha value is -1.04. The van der Waals surface area contributed by atoms with Crippen molar-refractivity contribution >= 4 is 0 Å². The average Bonchev–Trinajstić information content (AvgIpc) is 2.49. The smallest absolute Gasteiger partial charge is 0.0128 e. The van der Waals surface area contributed by atoms with Crippen LogP contribution in [0.25, 0.3) is 0 Å². The van der Waals surface area contributed by atoms with E-state index in [0.29, 0.717) is 0 Å². The lowest BCUT2D eigenvalue weighted by Gasteiger charge is -2.29. The second-order valence-electron chi connectivity index (χ2n) is 5.99. The van der Waals surface area contributed by atoms with E-state index in [4.69, 9.17) is 0 Å². The monoisotopic (exact) mass is 240 g/mol. The van der Waals surface area contributed by atoms with Crippen molar-refractivity contribution in [3.63, 3.8) is 0 Å². The van der Waals surface area contributed by atoms with Gasteiger partial charge in [0.1, 0.15) is 0 Å². The molecule has 3 aliphatic rings. The van der Waals surface area contributed by atoms with E-state index in [0.717, 1.165) is 17.8 Å². The maximum Gasteiger partial charge on any atom is -0.0128 e. The van der Waals surface area contributed by atoms with Gasteiger partial charge in [0.2, 0.25) is 0 Å². The molecule has 0 spiro atoms. The molecule has 0 fully saturated rings. The van der Waals surface area contributed by atoms with E-state index in [-0.39, 0.29) is 0 Å². The summed E-state index contributed by atoms with van der Waals surface area (Å²) in [4.78, 5) is 0. The highest BCUT2D eigenvalue weighted by Crippen LogP contribution is 2.35. The van der Waals surface area contributed by atoms with Crippen LogP contribution in [0.4, 0.5) is 0 Å². The first-order valence-corrected chi connectivity index (χ1v) is 7.62. The van der Waals surface area contributed by atoms with Gasteiger partial charge in [0.15, 0.2) is 0 Å². The Morgan fingerprint density at radius 2 is 1.67 bits per heavy atom. The maximum absolute atomic E-state index is 2.53. The van der Waals surface area contributed by atoms with E-state index in [1.165, 1.54) is 44.9 Å². The predicted molar refractivity (Wildman–Crippen MR) is 78.3 cm³/mol. The van der Waals surface area contributed by atoms with Crippen LogP contribution in [0.2, 0.25) is 0 Å². The molecule has 0 N–H and O–H groups in total. The number of allylic oxidation sites excluding steroid dienone is 8. The van der Waals surface area contributed by atoms with E-state index in [1.54, 1.807) is 5.57 Å². The molecule has 0 amide bonds. The first-order chi connectivity index (χ1) is 8.93. The molecule has 3 unspecified atom stereocenters. The molecular formula is C18H24. The van der Waals surface area contributed by atoms with Crippen LogP contribution >= 0.6 is 0 Å². The van der Waals surface area contributed by atoms with Crippen molar-refractivity contribution in [2.45, 2.75) is 44.9 Å². The van der Waals surface area contributed by atoms with E-state index in [2.05, 4.69) is 42.5 Å². The van der Waals surface area contributed by atoms with E-state index < -0.39 is 0 Å².